The second-order valence-corrected chi connectivity index (χ2v) is 4.21. The zero-order valence-electron chi connectivity index (χ0n) is 11.3. The second kappa shape index (κ2) is 5.13. The zero-order chi connectivity index (χ0) is 14.0. The molecule has 0 bridgehead atoms. The van der Waals surface area contributed by atoms with E-state index in [0.29, 0.717) is 19.0 Å². The van der Waals surface area contributed by atoms with Gasteiger partial charge < -0.3 is 15.0 Å². The molecular weight excluding hydrogens is 246 g/mol. The Labute approximate surface area is 111 Å². The molecule has 0 aromatic carbocycles. The average molecular weight is 263 g/mol. The maximum absolute atomic E-state index is 11.6. The Kier molecular flexibility index (Phi) is 3.55. The third kappa shape index (κ3) is 2.44. The van der Waals surface area contributed by atoms with Crippen LogP contribution in [0.3, 0.4) is 0 Å². The smallest absolute Gasteiger partial charge is 0.360 e. The third-order valence-electron chi connectivity index (χ3n) is 3.02. The van der Waals surface area contributed by atoms with E-state index >= 15 is 0 Å². The summed E-state index contributed by atoms with van der Waals surface area (Å²) >= 11 is 0. The Hall–Kier alpha value is -2.31. The maximum atomic E-state index is 11.6. The van der Waals surface area contributed by atoms with Crippen LogP contribution >= 0.6 is 0 Å². The molecule has 102 valence electrons. The van der Waals surface area contributed by atoms with E-state index in [9.17, 15) is 4.79 Å². The fraction of sp³-hybridized carbons (Fsp3) is 0.417. The van der Waals surface area contributed by atoms with Crippen LogP contribution in [-0.4, -0.2) is 31.9 Å². The van der Waals surface area contributed by atoms with E-state index in [-0.39, 0.29) is 5.69 Å². The van der Waals surface area contributed by atoms with Crippen molar-refractivity contribution in [1.82, 2.24) is 19.3 Å². The summed E-state index contributed by atoms with van der Waals surface area (Å²) in [7, 11) is 1.88. The van der Waals surface area contributed by atoms with Gasteiger partial charge in [-0.2, -0.15) is 5.10 Å². The van der Waals surface area contributed by atoms with Crippen LogP contribution in [-0.2, 0) is 18.3 Å². The van der Waals surface area contributed by atoms with Gasteiger partial charge in [0.2, 0.25) is 0 Å². The fourth-order valence-corrected chi connectivity index (χ4v) is 1.76. The maximum Gasteiger partial charge on any atom is 0.360 e. The summed E-state index contributed by atoms with van der Waals surface area (Å²) in [4.78, 5) is 15.6. The molecule has 0 aliphatic heterocycles. The molecule has 0 aliphatic rings. The highest BCUT2D eigenvalue weighted by Gasteiger charge is 2.17. The SMILES string of the molecule is CCOC(=O)c1ncn(Cc2cnn(C)c2C)c1N. The molecule has 19 heavy (non-hydrogen) atoms. The van der Waals surface area contributed by atoms with Crippen LogP contribution in [0.4, 0.5) is 5.82 Å². The summed E-state index contributed by atoms with van der Waals surface area (Å²) in [5.74, 6) is -0.191. The number of imidazole rings is 1. The van der Waals surface area contributed by atoms with E-state index in [2.05, 4.69) is 10.1 Å². The van der Waals surface area contributed by atoms with Crippen molar-refractivity contribution in [3.63, 3.8) is 0 Å². The predicted octanol–water partition coefficient (Wildman–Crippen LogP) is 0.732. The van der Waals surface area contributed by atoms with Crippen molar-refractivity contribution in [2.45, 2.75) is 20.4 Å². The van der Waals surface area contributed by atoms with Gasteiger partial charge in [-0.15, -0.1) is 0 Å². The van der Waals surface area contributed by atoms with E-state index in [1.807, 2.05) is 14.0 Å². The molecule has 2 heterocycles. The van der Waals surface area contributed by atoms with Crippen molar-refractivity contribution in [2.24, 2.45) is 7.05 Å². The standard InChI is InChI=1S/C12H17N5O2/c1-4-19-12(18)10-11(13)17(7-14-10)6-9-5-15-16(3)8(9)2/h5,7H,4,6,13H2,1-3H3. The molecule has 2 aromatic rings. The van der Waals surface area contributed by atoms with E-state index in [1.165, 1.54) is 6.33 Å². The van der Waals surface area contributed by atoms with Gasteiger partial charge >= 0.3 is 5.97 Å². The zero-order valence-corrected chi connectivity index (χ0v) is 11.3. The van der Waals surface area contributed by atoms with E-state index in [0.717, 1.165) is 11.3 Å². The van der Waals surface area contributed by atoms with Gasteiger partial charge in [0.1, 0.15) is 5.82 Å². The van der Waals surface area contributed by atoms with E-state index < -0.39 is 5.97 Å². The van der Waals surface area contributed by atoms with Crippen molar-refractivity contribution < 1.29 is 9.53 Å². The highest BCUT2D eigenvalue weighted by Crippen LogP contribution is 2.15. The Balaban J connectivity index is 2.23. The lowest BCUT2D eigenvalue weighted by Crippen LogP contribution is -2.10. The number of hydrogen-bond acceptors (Lipinski definition) is 5. The van der Waals surface area contributed by atoms with Gasteiger partial charge in [0.25, 0.3) is 0 Å². The Morgan fingerprint density at radius 2 is 2.26 bits per heavy atom. The number of carbonyl (C=O) groups is 1. The molecule has 0 unspecified atom stereocenters. The monoisotopic (exact) mass is 263 g/mol. The normalized spacial score (nSPS) is 10.7. The van der Waals surface area contributed by atoms with Crippen LogP contribution in [0.25, 0.3) is 0 Å². The number of aromatic nitrogens is 4. The van der Waals surface area contributed by atoms with Crippen LogP contribution in [0.5, 0.6) is 0 Å². The molecule has 0 radical (unpaired) electrons. The minimum atomic E-state index is -0.498. The first-order chi connectivity index (χ1) is 9.04. The van der Waals surface area contributed by atoms with Crippen molar-refractivity contribution >= 4 is 11.8 Å². The number of esters is 1. The number of hydrogen-bond donors (Lipinski definition) is 1. The molecule has 2 N–H and O–H groups in total. The van der Waals surface area contributed by atoms with Crippen LogP contribution in [0.2, 0.25) is 0 Å². The summed E-state index contributed by atoms with van der Waals surface area (Å²) in [6.07, 6.45) is 3.31. The lowest BCUT2D eigenvalue weighted by Gasteiger charge is -2.05. The molecule has 7 nitrogen and oxygen atoms in total. The van der Waals surface area contributed by atoms with Crippen LogP contribution in [0.1, 0.15) is 28.7 Å². The quantitative estimate of drug-likeness (QED) is 0.822. The second-order valence-electron chi connectivity index (χ2n) is 4.21. The Bertz CT molecular complexity index is 599. The molecule has 0 spiro atoms. The first-order valence-corrected chi connectivity index (χ1v) is 5.99. The number of nitrogens with two attached hydrogens (primary N) is 1. The highest BCUT2D eigenvalue weighted by atomic mass is 16.5. The lowest BCUT2D eigenvalue weighted by atomic mass is 10.2. The number of aryl methyl sites for hydroxylation is 1. The third-order valence-corrected chi connectivity index (χ3v) is 3.02. The number of carbonyl (C=O) groups excluding carboxylic acids is 1. The van der Waals surface area contributed by atoms with Gasteiger partial charge in [0.05, 0.1) is 25.7 Å². The van der Waals surface area contributed by atoms with Crippen LogP contribution in [0.15, 0.2) is 12.5 Å². The molecule has 7 heteroatoms. The van der Waals surface area contributed by atoms with Gasteiger partial charge in [-0.1, -0.05) is 0 Å². The molecule has 0 atom stereocenters. The number of rotatable bonds is 4. The van der Waals surface area contributed by atoms with Crippen molar-refractivity contribution in [3.05, 3.63) is 29.5 Å². The first kappa shape index (κ1) is 13.1. The molecule has 0 amide bonds. The van der Waals surface area contributed by atoms with Gasteiger partial charge in [-0.25, -0.2) is 9.78 Å². The van der Waals surface area contributed by atoms with Crippen molar-refractivity contribution in [3.8, 4) is 0 Å². The topological polar surface area (TPSA) is 88.0 Å². The summed E-state index contributed by atoms with van der Waals surface area (Å²) in [5.41, 5.74) is 8.14. The van der Waals surface area contributed by atoms with E-state index in [4.69, 9.17) is 10.5 Å². The molecule has 0 fully saturated rings. The van der Waals surface area contributed by atoms with E-state index in [1.54, 1.807) is 22.4 Å². The summed E-state index contributed by atoms with van der Waals surface area (Å²) in [6, 6.07) is 0. The number of anilines is 1. The van der Waals surface area contributed by atoms with Crippen molar-refractivity contribution in [2.75, 3.05) is 12.3 Å². The molecule has 0 saturated heterocycles. The predicted molar refractivity (Wildman–Crippen MR) is 69.6 cm³/mol. The minimum absolute atomic E-state index is 0.156. The molecule has 0 saturated carbocycles. The average Bonchev–Trinajstić information content (AvgIpc) is 2.88. The lowest BCUT2D eigenvalue weighted by molar-refractivity contribution is 0.0521. The summed E-state index contributed by atoms with van der Waals surface area (Å²) in [5, 5.41) is 4.16. The number of ether oxygens (including phenoxy) is 1. The fourth-order valence-electron chi connectivity index (χ4n) is 1.76. The molecule has 2 rings (SSSR count). The van der Waals surface area contributed by atoms with Gasteiger partial charge in [-0.05, 0) is 13.8 Å². The number of nitrogen functional groups attached to an aromatic ring is 1. The largest absolute Gasteiger partial charge is 0.461 e. The first-order valence-electron chi connectivity index (χ1n) is 5.99. The Morgan fingerprint density at radius 1 is 1.53 bits per heavy atom. The molecular formula is C12H17N5O2. The minimum Gasteiger partial charge on any atom is -0.461 e. The molecule has 2 aromatic heterocycles. The van der Waals surface area contributed by atoms with Gasteiger partial charge in [-0.3, -0.25) is 4.68 Å². The van der Waals surface area contributed by atoms with Gasteiger partial charge in [0.15, 0.2) is 5.69 Å². The number of nitrogens with zero attached hydrogens (tertiary/aromatic N) is 4. The molecule has 0 aliphatic carbocycles. The summed E-state index contributed by atoms with van der Waals surface area (Å²) < 4.78 is 8.38. The highest BCUT2D eigenvalue weighted by molar-refractivity contribution is 5.92. The van der Waals surface area contributed by atoms with Crippen LogP contribution in [0, 0.1) is 6.92 Å². The van der Waals surface area contributed by atoms with Crippen LogP contribution < -0.4 is 5.73 Å². The summed E-state index contributed by atoms with van der Waals surface area (Å²) in [6.45, 7) is 4.54. The van der Waals surface area contributed by atoms with Crippen molar-refractivity contribution in [1.29, 1.82) is 0 Å². The Morgan fingerprint density at radius 3 is 2.84 bits per heavy atom. The van der Waals surface area contributed by atoms with Gasteiger partial charge in [0, 0.05) is 18.3 Å².